The van der Waals surface area contributed by atoms with Gasteiger partial charge in [-0.15, -0.1) is 0 Å². The highest BCUT2D eigenvalue weighted by atomic mass is 19.4. The molecule has 1 aromatic carbocycles. The summed E-state index contributed by atoms with van der Waals surface area (Å²) in [4.78, 5) is 38.1. The minimum Gasteiger partial charge on any atom is -0.486 e. The normalized spacial score (nSPS) is 20.5. The Hall–Kier alpha value is -2.89. The van der Waals surface area contributed by atoms with Crippen LogP contribution < -0.4 is 15.8 Å². The molecule has 0 aliphatic carbocycles. The Labute approximate surface area is 175 Å². The third kappa shape index (κ3) is 5.24. The Kier molecular flexibility index (Phi) is 7.14. The summed E-state index contributed by atoms with van der Waals surface area (Å²) in [6.45, 7) is 1.76. The van der Waals surface area contributed by atoms with E-state index in [0.29, 0.717) is 4.90 Å². The molecule has 0 fully saturated rings. The van der Waals surface area contributed by atoms with Crippen molar-refractivity contribution >= 4 is 23.4 Å². The molecule has 2 unspecified atom stereocenters. The maximum Gasteiger partial charge on any atom is 0.390 e. The van der Waals surface area contributed by atoms with Crippen molar-refractivity contribution in [1.29, 1.82) is 0 Å². The number of nitrogens with two attached hydrogens (primary N) is 1. The number of hydrogen-bond donors (Lipinski definition) is 3. The zero-order valence-corrected chi connectivity index (χ0v) is 16.8. The first kappa shape index (κ1) is 24.4. The molecule has 12 heteroatoms. The van der Waals surface area contributed by atoms with Crippen LogP contribution in [0.2, 0.25) is 0 Å². The highest BCUT2D eigenvalue weighted by molar-refractivity contribution is 6.09. The van der Waals surface area contributed by atoms with E-state index in [1.807, 2.05) is 0 Å². The van der Waals surface area contributed by atoms with Gasteiger partial charge in [0.05, 0.1) is 12.1 Å². The molecule has 0 saturated carbocycles. The lowest BCUT2D eigenvalue weighted by molar-refractivity contribution is -0.169. The molecule has 0 aromatic heterocycles. The standard InChI is InChI=1S/C19H23F4N3O5/c1-3-12-14(15(27)25-11-9-10(20)5-6-13(11)31-12)26(8-7-19(21,22)23)17(29)18(30,4-2)16(24)28/h5-6,9,12,14,30H,3-4,7-8H2,1-2H3,(H2,24,28)(H,25,27)/t12-,14?,18?/m1/s1. The fraction of sp³-hybridized carbons (Fsp3) is 0.526. The van der Waals surface area contributed by atoms with E-state index in [1.54, 1.807) is 6.92 Å². The quantitative estimate of drug-likeness (QED) is 0.432. The van der Waals surface area contributed by atoms with Gasteiger partial charge in [0.25, 0.3) is 17.7 Å². The van der Waals surface area contributed by atoms with E-state index in [2.05, 4.69) is 5.32 Å². The fourth-order valence-electron chi connectivity index (χ4n) is 3.24. The van der Waals surface area contributed by atoms with Gasteiger partial charge in [0.1, 0.15) is 23.7 Å². The van der Waals surface area contributed by atoms with Gasteiger partial charge in [0.15, 0.2) is 0 Å². The largest absolute Gasteiger partial charge is 0.486 e. The highest BCUT2D eigenvalue weighted by Gasteiger charge is 2.49. The number of fused-ring (bicyclic) bond motifs is 1. The number of nitrogens with zero attached hydrogens (tertiary/aromatic N) is 1. The van der Waals surface area contributed by atoms with Crippen molar-refractivity contribution in [3.05, 3.63) is 24.0 Å². The summed E-state index contributed by atoms with van der Waals surface area (Å²) in [6, 6.07) is 1.58. The minimum absolute atomic E-state index is 0.0491. The van der Waals surface area contributed by atoms with Crippen LogP contribution in [0.25, 0.3) is 0 Å². The summed E-state index contributed by atoms with van der Waals surface area (Å²) < 4.78 is 58.1. The van der Waals surface area contributed by atoms with Crippen molar-refractivity contribution in [3.63, 3.8) is 0 Å². The van der Waals surface area contributed by atoms with Crippen LogP contribution in [0.1, 0.15) is 33.1 Å². The van der Waals surface area contributed by atoms with Crippen LogP contribution in [0.4, 0.5) is 23.2 Å². The summed E-state index contributed by atoms with van der Waals surface area (Å²) in [6.07, 6.45) is -7.84. The molecule has 1 aliphatic rings. The molecular formula is C19H23F4N3O5. The second kappa shape index (κ2) is 9.08. The van der Waals surface area contributed by atoms with Crippen molar-refractivity contribution in [2.75, 3.05) is 11.9 Å². The average molecular weight is 449 g/mol. The first-order valence-corrected chi connectivity index (χ1v) is 9.51. The summed E-state index contributed by atoms with van der Waals surface area (Å²) >= 11 is 0. The fourth-order valence-corrected chi connectivity index (χ4v) is 3.24. The van der Waals surface area contributed by atoms with Gasteiger partial charge in [-0.25, -0.2) is 4.39 Å². The van der Waals surface area contributed by atoms with Gasteiger partial charge in [0.2, 0.25) is 5.60 Å². The van der Waals surface area contributed by atoms with Gasteiger partial charge in [0, 0.05) is 12.6 Å². The third-order valence-corrected chi connectivity index (χ3v) is 5.01. The number of benzene rings is 1. The predicted molar refractivity (Wildman–Crippen MR) is 100 cm³/mol. The first-order chi connectivity index (χ1) is 14.3. The van der Waals surface area contributed by atoms with Gasteiger partial charge in [-0.3, -0.25) is 14.4 Å². The number of halogens is 4. The van der Waals surface area contributed by atoms with Gasteiger partial charge < -0.3 is 25.8 Å². The first-order valence-electron chi connectivity index (χ1n) is 9.51. The van der Waals surface area contributed by atoms with Crippen LogP contribution in [0.15, 0.2) is 18.2 Å². The van der Waals surface area contributed by atoms with Gasteiger partial charge in [-0.2, -0.15) is 13.2 Å². The predicted octanol–water partition coefficient (Wildman–Crippen LogP) is 1.71. The van der Waals surface area contributed by atoms with Crippen molar-refractivity contribution in [2.45, 2.75) is 57.0 Å². The van der Waals surface area contributed by atoms with Crippen LogP contribution in [0, 0.1) is 5.82 Å². The Morgan fingerprint density at radius 3 is 2.45 bits per heavy atom. The number of hydrogen-bond acceptors (Lipinski definition) is 5. The van der Waals surface area contributed by atoms with Crippen LogP contribution in [0.5, 0.6) is 5.75 Å². The molecule has 8 nitrogen and oxygen atoms in total. The van der Waals surface area contributed by atoms with Gasteiger partial charge in [-0.1, -0.05) is 13.8 Å². The molecule has 3 atom stereocenters. The van der Waals surface area contributed by atoms with E-state index in [1.165, 1.54) is 13.0 Å². The molecule has 1 aromatic rings. The van der Waals surface area contributed by atoms with Crippen LogP contribution in [-0.4, -0.2) is 58.2 Å². The molecule has 3 amide bonds. The second-order valence-electron chi connectivity index (χ2n) is 7.08. The minimum atomic E-state index is -4.70. The number of amides is 3. The number of aliphatic hydroxyl groups is 1. The molecule has 2 rings (SSSR count). The number of nitrogens with one attached hydrogen (secondary N) is 1. The Morgan fingerprint density at radius 1 is 1.29 bits per heavy atom. The number of carbonyl (C=O) groups excluding carboxylic acids is 3. The SMILES string of the molecule is CC[C@H]1Oc2ccc(F)cc2NC(=O)C1N(CCC(F)(F)F)C(=O)C(O)(CC)C(N)=O. The van der Waals surface area contributed by atoms with Crippen molar-refractivity contribution < 1.29 is 41.8 Å². The summed E-state index contributed by atoms with van der Waals surface area (Å²) in [5.41, 5.74) is 2.22. The van der Waals surface area contributed by atoms with E-state index >= 15 is 0 Å². The lowest BCUT2D eigenvalue weighted by Crippen LogP contribution is -2.63. The molecule has 0 spiro atoms. The van der Waals surface area contributed by atoms with E-state index in [0.717, 1.165) is 12.1 Å². The summed E-state index contributed by atoms with van der Waals surface area (Å²) in [5.74, 6) is -4.53. The summed E-state index contributed by atoms with van der Waals surface area (Å²) in [5, 5.41) is 12.8. The molecule has 0 saturated heterocycles. The smallest absolute Gasteiger partial charge is 0.390 e. The number of carbonyl (C=O) groups is 3. The zero-order valence-electron chi connectivity index (χ0n) is 16.8. The van der Waals surface area contributed by atoms with Crippen molar-refractivity contribution in [3.8, 4) is 5.75 Å². The van der Waals surface area contributed by atoms with E-state index in [9.17, 15) is 37.1 Å². The average Bonchev–Trinajstić information content (AvgIpc) is 2.82. The van der Waals surface area contributed by atoms with Crippen LogP contribution >= 0.6 is 0 Å². The highest BCUT2D eigenvalue weighted by Crippen LogP contribution is 2.33. The number of ether oxygens (including phenoxy) is 1. The van der Waals surface area contributed by atoms with Crippen molar-refractivity contribution in [1.82, 2.24) is 4.90 Å². The maximum atomic E-state index is 13.6. The van der Waals surface area contributed by atoms with Gasteiger partial charge in [-0.05, 0) is 25.0 Å². The Balaban J connectivity index is 2.53. The van der Waals surface area contributed by atoms with Crippen LogP contribution in [-0.2, 0) is 14.4 Å². The number of rotatable bonds is 7. The van der Waals surface area contributed by atoms with Gasteiger partial charge >= 0.3 is 6.18 Å². The molecular weight excluding hydrogens is 426 g/mol. The zero-order chi connectivity index (χ0) is 23.6. The molecule has 4 N–H and O–H groups in total. The molecule has 0 radical (unpaired) electrons. The molecule has 0 bridgehead atoms. The number of alkyl halides is 3. The second-order valence-corrected chi connectivity index (χ2v) is 7.08. The Morgan fingerprint density at radius 2 is 1.94 bits per heavy atom. The molecule has 31 heavy (non-hydrogen) atoms. The third-order valence-electron chi connectivity index (χ3n) is 5.01. The number of anilines is 1. The maximum absolute atomic E-state index is 13.6. The summed E-state index contributed by atoms with van der Waals surface area (Å²) in [7, 11) is 0. The monoisotopic (exact) mass is 449 g/mol. The topological polar surface area (TPSA) is 122 Å². The lowest BCUT2D eigenvalue weighted by Gasteiger charge is -2.38. The lowest BCUT2D eigenvalue weighted by atomic mass is 9.95. The van der Waals surface area contributed by atoms with E-state index in [4.69, 9.17) is 10.5 Å². The molecule has 1 heterocycles. The van der Waals surface area contributed by atoms with E-state index in [-0.39, 0.29) is 17.9 Å². The molecule has 1 aliphatic heterocycles. The molecule has 172 valence electrons. The Bertz CT molecular complexity index is 863. The van der Waals surface area contributed by atoms with Crippen LogP contribution in [0.3, 0.4) is 0 Å². The number of primary amides is 1. The van der Waals surface area contributed by atoms with E-state index < -0.39 is 66.8 Å². The van der Waals surface area contributed by atoms with Crippen molar-refractivity contribution in [2.24, 2.45) is 5.73 Å².